The Bertz CT molecular complexity index is 1550. The molecule has 0 spiro atoms. The van der Waals surface area contributed by atoms with Gasteiger partial charge in [-0.05, 0) is 58.3 Å². The fraction of sp³-hybridized carbons (Fsp3) is 0.323. The number of thioether (sulfide) groups is 1. The number of rotatable bonds is 12. The minimum absolute atomic E-state index is 0.0409. The second-order valence-electron chi connectivity index (χ2n) is 10.1. The highest BCUT2D eigenvalue weighted by Crippen LogP contribution is 2.39. The van der Waals surface area contributed by atoms with Gasteiger partial charge in [-0.3, -0.25) is 4.79 Å². The fourth-order valence-corrected chi connectivity index (χ4v) is 5.53. The summed E-state index contributed by atoms with van der Waals surface area (Å²) in [6.07, 6.45) is -0.550. The number of carbonyl (C=O) groups is 2. The van der Waals surface area contributed by atoms with Crippen LogP contribution in [0.25, 0.3) is 5.69 Å². The average molecular weight is 635 g/mol. The van der Waals surface area contributed by atoms with Crippen molar-refractivity contribution in [2.75, 3.05) is 18.9 Å². The highest BCUT2D eigenvalue weighted by Gasteiger charge is 2.32. The number of aromatic nitrogens is 4. The maximum Gasteiger partial charge on any atom is 0.325 e. The third-order valence-electron chi connectivity index (χ3n) is 6.95. The Morgan fingerprint density at radius 2 is 1.69 bits per heavy atom. The number of amides is 2. The summed E-state index contributed by atoms with van der Waals surface area (Å²) >= 11 is 1.46. The van der Waals surface area contributed by atoms with Gasteiger partial charge >= 0.3 is 12.0 Å². The smallest absolute Gasteiger partial charge is 0.325 e. The molecule has 3 atom stereocenters. The molecule has 1 aliphatic rings. The molecular formula is C31H34N6O7S. The monoisotopic (exact) mass is 634 g/mol. The van der Waals surface area contributed by atoms with E-state index in [1.54, 1.807) is 35.9 Å². The van der Waals surface area contributed by atoms with Crippen LogP contribution < -0.4 is 10.6 Å². The third kappa shape index (κ3) is 8.79. The van der Waals surface area contributed by atoms with Crippen LogP contribution in [0.15, 0.2) is 78.0 Å². The lowest BCUT2D eigenvalue weighted by molar-refractivity contribution is -0.245. The fourth-order valence-electron chi connectivity index (χ4n) is 4.62. The van der Waals surface area contributed by atoms with Crippen molar-refractivity contribution in [2.24, 2.45) is 0 Å². The normalized spacial score (nSPS) is 17.9. The Kier molecular flexibility index (Phi) is 11.0. The molecule has 0 unspecified atom stereocenters. The summed E-state index contributed by atoms with van der Waals surface area (Å²) in [5.41, 5.74) is 4.17. The van der Waals surface area contributed by atoms with Crippen molar-refractivity contribution in [3.63, 3.8) is 0 Å². The van der Waals surface area contributed by atoms with E-state index >= 15 is 0 Å². The molecule has 0 bridgehead atoms. The van der Waals surface area contributed by atoms with Crippen LogP contribution in [-0.4, -0.2) is 67.4 Å². The molecule has 1 aliphatic heterocycles. The van der Waals surface area contributed by atoms with E-state index < -0.39 is 18.3 Å². The first-order chi connectivity index (χ1) is 21.9. The van der Waals surface area contributed by atoms with Crippen LogP contribution in [0, 0.1) is 0 Å². The van der Waals surface area contributed by atoms with Crippen LogP contribution in [0.3, 0.4) is 0 Å². The van der Waals surface area contributed by atoms with Crippen molar-refractivity contribution in [3.8, 4) is 11.4 Å². The van der Waals surface area contributed by atoms with Gasteiger partial charge in [0.05, 0.1) is 31.1 Å². The molecule has 1 saturated heterocycles. The number of ether oxygens (including phenoxy) is 3. The summed E-state index contributed by atoms with van der Waals surface area (Å²) in [6.45, 7) is 1.97. The quantitative estimate of drug-likeness (QED) is 0.133. The molecule has 1 aromatic heterocycles. The zero-order chi connectivity index (χ0) is 31.6. The van der Waals surface area contributed by atoms with E-state index in [1.807, 2.05) is 48.5 Å². The maximum atomic E-state index is 12.0. The van der Waals surface area contributed by atoms with Gasteiger partial charge in [-0.15, -0.1) is 5.10 Å². The predicted octanol–water partition coefficient (Wildman–Crippen LogP) is 3.56. The number of aliphatic hydroxyl groups excluding tert-OH is 1. The van der Waals surface area contributed by atoms with E-state index in [-0.39, 0.29) is 44.3 Å². The molecule has 0 saturated carbocycles. The minimum atomic E-state index is -0.658. The molecule has 1 fully saturated rings. The maximum absolute atomic E-state index is 12.0. The standard InChI is InChI=1S/C31H34N6O7S/c1-2-42-28(40)17-33-30(41)32-16-20-3-9-23(10-4-20)29-43-26(15-27(44-29)22-7-5-21(18-38)6-8-22)19-45-31-34-35-36-37(31)24-11-13-25(39)14-12-24/h3-14,26-27,29,38-39H,2,15-19H2,1H3,(H2,32,33,41)/t26-,27+,29+/m0/s1. The Labute approximate surface area is 263 Å². The van der Waals surface area contributed by atoms with Gasteiger partial charge in [0.2, 0.25) is 5.16 Å². The molecule has 0 radical (unpaired) electrons. The number of esters is 1. The molecule has 2 heterocycles. The Morgan fingerprint density at radius 1 is 0.978 bits per heavy atom. The van der Waals surface area contributed by atoms with E-state index in [1.165, 1.54) is 11.8 Å². The summed E-state index contributed by atoms with van der Waals surface area (Å²) in [5, 5.41) is 37.0. The molecule has 236 valence electrons. The molecule has 3 aromatic carbocycles. The molecule has 2 amide bonds. The topological polar surface area (TPSA) is 170 Å². The van der Waals surface area contributed by atoms with Crippen molar-refractivity contribution in [3.05, 3.63) is 95.1 Å². The van der Waals surface area contributed by atoms with Crippen LogP contribution in [0.1, 0.15) is 48.0 Å². The van der Waals surface area contributed by atoms with Gasteiger partial charge in [-0.1, -0.05) is 60.3 Å². The van der Waals surface area contributed by atoms with E-state index in [0.717, 1.165) is 27.9 Å². The number of hydrogen-bond acceptors (Lipinski definition) is 11. The van der Waals surface area contributed by atoms with E-state index in [4.69, 9.17) is 14.2 Å². The number of phenolic OH excluding ortho intramolecular Hbond substituents is 1. The average Bonchev–Trinajstić information content (AvgIpc) is 3.55. The lowest BCUT2D eigenvalue weighted by Gasteiger charge is -2.36. The van der Waals surface area contributed by atoms with Crippen molar-refractivity contribution in [1.29, 1.82) is 0 Å². The zero-order valence-corrected chi connectivity index (χ0v) is 25.4. The first-order valence-corrected chi connectivity index (χ1v) is 15.4. The predicted molar refractivity (Wildman–Crippen MR) is 163 cm³/mol. The molecule has 45 heavy (non-hydrogen) atoms. The summed E-state index contributed by atoms with van der Waals surface area (Å²) in [4.78, 5) is 23.5. The van der Waals surface area contributed by atoms with E-state index in [9.17, 15) is 19.8 Å². The molecular weight excluding hydrogens is 600 g/mol. The number of tetrazole rings is 1. The largest absolute Gasteiger partial charge is 0.508 e. The highest BCUT2D eigenvalue weighted by molar-refractivity contribution is 7.99. The molecule has 13 nitrogen and oxygen atoms in total. The van der Waals surface area contributed by atoms with E-state index in [2.05, 4.69) is 26.2 Å². The lowest BCUT2D eigenvalue weighted by Crippen LogP contribution is -2.38. The van der Waals surface area contributed by atoms with Crippen molar-refractivity contribution >= 4 is 23.8 Å². The highest BCUT2D eigenvalue weighted by atomic mass is 32.2. The number of phenols is 1. The Morgan fingerprint density at radius 3 is 2.40 bits per heavy atom. The molecule has 0 aliphatic carbocycles. The molecule has 14 heteroatoms. The van der Waals surface area contributed by atoms with Crippen LogP contribution >= 0.6 is 11.8 Å². The molecule has 4 aromatic rings. The van der Waals surface area contributed by atoms with Gasteiger partial charge in [-0.2, -0.15) is 4.68 Å². The summed E-state index contributed by atoms with van der Waals surface area (Å²) in [7, 11) is 0. The molecule has 5 rings (SSSR count). The number of hydrogen-bond donors (Lipinski definition) is 4. The van der Waals surface area contributed by atoms with Crippen LogP contribution in [0.2, 0.25) is 0 Å². The lowest BCUT2D eigenvalue weighted by atomic mass is 10.0. The first-order valence-electron chi connectivity index (χ1n) is 14.4. The van der Waals surface area contributed by atoms with Gasteiger partial charge in [0, 0.05) is 24.3 Å². The van der Waals surface area contributed by atoms with Gasteiger partial charge in [0.25, 0.3) is 0 Å². The van der Waals surface area contributed by atoms with Gasteiger partial charge < -0.3 is 35.1 Å². The van der Waals surface area contributed by atoms with Crippen molar-refractivity contribution < 1.29 is 34.0 Å². The molecule has 4 N–H and O–H groups in total. The number of nitrogens with one attached hydrogen (secondary N) is 2. The second-order valence-corrected chi connectivity index (χ2v) is 11.1. The van der Waals surface area contributed by atoms with Crippen molar-refractivity contribution in [2.45, 2.75) is 50.2 Å². The van der Waals surface area contributed by atoms with Crippen molar-refractivity contribution in [1.82, 2.24) is 30.8 Å². The minimum Gasteiger partial charge on any atom is -0.508 e. The van der Waals surface area contributed by atoms with E-state index in [0.29, 0.717) is 17.3 Å². The number of aliphatic hydroxyl groups is 1. The third-order valence-corrected chi connectivity index (χ3v) is 8.00. The van der Waals surface area contributed by atoms with Gasteiger partial charge in [-0.25, -0.2) is 4.79 Å². The number of carbonyl (C=O) groups excluding carboxylic acids is 2. The Hall–Kier alpha value is -4.50. The SMILES string of the molecule is CCOC(=O)CNC(=O)NCc1ccc([C@@H]2O[C@H](CSc3nnnn3-c3ccc(O)cc3)C[C@H](c3ccc(CO)cc3)O2)cc1. The number of aromatic hydroxyl groups is 1. The van der Waals surface area contributed by atoms with Crippen LogP contribution in [0.4, 0.5) is 4.79 Å². The first kappa shape index (κ1) is 31.9. The van der Waals surface area contributed by atoms with Gasteiger partial charge in [0.1, 0.15) is 12.3 Å². The zero-order valence-electron chi connectivity index (χ0n) is 24.5. The summed E-state index contributed by atoms with van der Waals surface area (Å²) < 4.78 is 19.3. The Balaban J connectivity index is 1.25. The van der Waals surface area contributed by atoms with Crippen LogP contribution in [-0.2, 0) is 32.2 Å². The van der Waals surface area contributed by atoms with Crippen LogP contribution in [0.5, 0.6) is 5.75 Å². The van der Waals surface area contributed by atoms with Gasteiger partial charge in [0.15, 0.2) is 6.29 Å². The number of nitrogens with zero attached hydrogens (tertiary/aromatic N) is 4. The number of urea groups is 1. The summed E-state index contributed by atoms with van der Waals surface area (Å²) in [5.74, 6) is 0.202. The number of benzene rings is 3. The summed E-state index contributed by atoms with van der Waals surface area (Å²) in [6, 6.07) is 21.4. The second kappa shape index (κ2) is 15.5.